The van der Waals surface area contributed by atoms with Gasteiger partial charge in [-0.05, 0) is 63.4 Å². The van der Waals surface area contributed by atoms with Crippen LogP contribution in [0.5, 0.6) is 5.75 Å². The van der Waals surface area contributed by atoms with Crippen molar-refractivity contribution in [1.29, 1.82) is 0 Å². The van der Waals surface area contributed by atoms with Crippen LogP contribution in [0, 0.1) is 0 Å². The fraction of sp³-hybridized carbons (Fsp3) is 0.464. The number of hydrogen-bond donors (Lipinski definition) is 2. The first-order valence-corrected chi connectivity index (χ1v) is 13.4. The minimum Gasteiger partial charge on any atom is -0.494 e. The van der Waals surface area contributed by atoms with E-state index in [4.69, 9.17) is 16.3 Å². The summed E-state index contributed by atoms with van der Waals surface area (Å²) in [5, 5.41) is 6.20. The van der Waals surface area contributed by atoms with Gasteiger partial charge in [-0.15, -0.1) is 0 Å². The highest BCUT2D eigenvalue weighted by molar-refractivity contribution is 6.34. The number of nitrogens with zero attached hydrogens (tertiary/aromatic N) is 2. The quantitative estimate of drug-likeness (QED) is 0.568. The zero-order valence-corrected chi connectivity index (χ0v) is 22.4. The molecular formula is C28H35ClN4O4. The number of hydrogen-bond acceptors (Lipinski definition) is 4. The zero-order chi connectivity index (χ0) is 26.5. The molecule has 0 radical (unpaired) electrons. The normalized spacial score (nSPS) is 18.5. The van der Waals surface area contributed by atoms with Crippen LogP contribution in [0.2, 0.25) is 5.02 Å². The van der Waals surface area contributed by atoms with Gasteiger partial charge in [-0.1, -0.05) is 42.6 Å². The zero-order valence-electron chi connectivity index (χ0n) is 21.6. The fourth-order valence-electron chi connectivity index (χ4n) is 4.97. The first kappa shape index (κ1) is 26.8. The Balaban J connectivity index is 1.52. The first-order valence-electron chi connectivity index (χ1n) is 13.0. The smallest absolute Gasteiger partial charge is 0.318 e. The number of amides is 4. The standard InChI is InChI=1S/C28H35ClN4O4/c1-4-37-22-13-14-23(24(29)15-22)27(35)33-16-18(2)32(17-20-9-5-8-12-25(20)33)28(36)30-19(3)26(34)31-21-10-6-7-11-21/h5,8-9,12-15,18-19,21H,4,6-7,10-11,16-17H2,1-3H3,(H,30,36)(H,31,34)/t18-,19+/m1/s1. The lowest BCUT2D eigenvalue weighted by Gasteiger charge is -2.30. The molecule has 8 nitrogen and oxygen atoms in total. The third-order valence-corrected chi connectivity index (χ3v) is 7.34. The number of urea groups is 1. The number of ether oxygens (including phenoxy) is 1. The Bertz CT molecular complexity index is 1150. The maximum atomic E-state index is 13.7. The Kier molecular flexibility index (Phi) is 8.59. The molecule has 4 amide bonds. The molecule has 1 aliphatic carbocycles. The van der Waals surface area contributed by atoms with E-state index in [2.05, 4.69) is 10.6 Å². The van der Waals surface area contributed by atoms with Crippen LogP contribution >= 0.6 is 11.6 Å². The third-order valence-electron chi connectivity index (χ3n) is 7.02. The van der Waals surface area contributed by atoms with Crippen molar-refractivity contribution < 1.29 is 19.1 Å². The van der Waals surface area contributed by atoms with Crippen LogP contribution in [0.15, 0.2) is 42.5 Å². The second-order valence-electron chi connectivity index (χ2n) is 9.76. The molecule has 2 aliphatic rings. The highest BCUT2D eigenvalue weighted by Gasteiger charge is 2.33. The highest BCUT2D eigenvalue weighted by atomic mass is 35.5. The molecule has 1 aliphatic heterocycles. The van der Waals surface area contributed by atoms with Gasteiger partial charge in [-0.3, -0.25) is 9.59 Å². The molecule has 2 aromatic carbocycles. The van der Waals surface area contributed by atoms with Gasteiger partial charge in [0.25, 0.3) is 5.91 Å². The summed E-state index contributed by atoms with van der Waals surface area (Å²) < 4.78 is 5.50. The molecule has 1 fully saturated rings. The lowest BCUT2D eigenvalue weighted by molar-refractivity contribution is -0.123. The summed E-state index contributed by atoms with van der Waals surface area (Å²) in [6.45, 7) is 6.56. The molecule has 2 atom stereocenters. The molecule has 0 aromatic heterocycles. The van der Waals surface area contributed by atoms with E-state index in [1.807, 2.05) is 38.1 Å². The maximum Gasteiger partial charge on any atom is 0.318 e. The minimum atomic E-state index is -0.667. The molecule has 198 valence electrons. The Morgan fingerprint density at radius 1 is 1.14 bits per heavy atom. The number of fused-ring (bicyclic) bond motifs is 1. The van der Waals surface area contributed by atoms with E-state index in [9.17, 15) is 14.4 Å². The van der Waals surface area contributed by atoms with E-state index < -0.39 is 6.04 Å². The van der Waals surface area contributed by atoms with E-state index in [1.54, 1.807) is 34.9 Å². The Hall–Kier alpha value is -3.26. The third kappa shape index (κ3) is 6.18. The summed E-state index contributed by atoms with van der Waals surface area (Å²) in [4.78, 5) is 43.0. The van der Waals surface area contributed by atoms with Crippen LogP contribution < -0.4 is 20.3 Å². The van der Waals surface area contributed by atoms with Crippen molar-refractivity contribution in [2.45, 2.75) is 71.1 Å². The van der Waals surface area contributed by atoms with Crippen LogP contribution in [0.1, 0.15) is 62.4 Å². The van der Waals surface area contributed by atoms with Crippen molar-refractivity contribution >= 4 is 35.1 Å². The van der Waals surface area contributed by atoms with Crippen LogP contribution in [0.4, 0.5) is 10.5 Å². The SMILES string of the molecule is CCOc1ccc(C(=O)N2C[C@@H](C)N(C(=O)N[C@@H](C)C(=O)NC3CCCC3)Cc3ccccc32)c(Cl)c1. The van der Waals surface area contributed by atoms with Gasteiger partial charge in [0.2, 0.25) is 5.91 Å². The Morgan fingerprint density at radius 2 is 1.86 bits per heavy atom. The average molecular weight is 527 g/mol. The van der Waals surface area contributed by atoms with Crippen LogP contribution in [-0.4, -0.2) is 54.0 Å². The van der Waals surface area contributed by atoms with Crippen LogP contribution in [0.25, 0.3) is 0 Å². The number of carbonyl (C=O) groups is 3. The molecule has 2 N–H and O–H groups in total. The molecule has 0 unspecified atom stereocenters. The summed E-state index contributed by atoms with van der Waals surface area (Å²) >= 11 is 6.47. The van der Waals surface area contributed by atoms with Crippen molar-refractivity contribution in [2.75, 3.05) is 18.1 Å². The number of para-hydroxylation sites is 1. The number of carbonyl (C=O) groups excluding carboxylic acids is 3. The predicted octanol–water partition coefficient (Wildman–Crippen LogP) is 4.75. The number of rotatable bonds is 6. The summed E-state index contributed by atoms with van der Waals surface area (Å²) in [5.41, 5.74) is 1.93. The molecular weight excluding hydrogens is 492 g/mol. The number of halogens is 1. The summed E-state index contributed by atoms with van der Waals surface area (Å²) in [6.07, 6.45) is 4.20. The Morgan fingerprint density at radius 3 is 2.57 bits per heavy atom. The lowest BCUT2D eigenvalue weighted by Crippen LogP contribution is -2.54. The molecule has 2 aromatic rings. The first-order chi connectivity index (χ1) is 17.8. The maximum absolute atomic E-state index is 13.7. The van der Waals surface area contributed by atoms with Gasteiger partial charge in [-0.2, -0.15) is 0 Å². The van der Waals surface area contributed by atoms with E-state index in [1.165, 1.54) is 0 Å². The van der Waals surface area contributed by atoms with Gasteiger partial charge in [-0.25, -0.2) is 4.79 Å². The van der Waals surface area contributed by atoms with Gasteiger partial charge < -0.3 is 25.2 Å². The van der Waals surface area contributed by atoms with E-state index in [-0.39, 0.29) is 36.5 Å². The van der Waals surface area contributed by atoms with Gasteiger partial charge >= 0.3 is 6.03 Å². The number of nitrogens with one attached hydrogen (secondary N) is 2. The van der Waals surface area contributed by atoms with Crippen molar-refractivity contribution in [3.8, 4) is 5.75 Å². The largest absolute Gasteiger partial charge is 0.494 e. The van der Waals surface area contributed by atoms with Crippen LogP contribution in [0.3, 0.4) is 0 Å². The molecule has 9 heteroatoms. The van der Waals surface area contributed by atoms with Crippen molar-refractivity contribution in [2.24, 2.45) is 0 Å². The molecule has 4 rings (SSSR count). The van der Waals surface area contributed by atoms with Gasteiger partial charge in [0.1, 0.15) is 11.8 Å². The molecule has 0 spiro atoms. The van der Waals surface area contributed by atoms with E-state index in [0.29, 0.717) is 29.5 Å². The van der Waals surface area contributed by atoms with Crippen molar-refractivity contribution in [3.63, 3.8) is 0 Å². The minimum absolute atomic E-state index is 0.176. The lowest BCUT2D eigenvalue weighted by atomic mass is 10.1. The fourth-order valence-corrected chi connectivity index (χ4v) is 5.23. The summed E-state index contributed by atoms with van der Waals surface area (Å²) in [7, 11) is 0. The van der Waals surface area contributed by atoms with Gasteiger partial charge in [0.15, 0.2) is 0 Å². The van der Waals surface area contributed by atoms with Crippen LogP contribution in [-0.2, 0) is 11.3 Å². The van der Waals surface area contributed by atoms with E-state index >= 15 is 0 Å². The summed E-state index contributed by atoms with van der Waals surface area (Å²) in [5.74, 6) is 0.173. The van der Waals surface area contributed by atoms with Crippen molar-refractivity contribution in [3.05, 3.63) is 58.6 Å². The molecule has 37 heavy (non-hydrogen) atoms. The molecule has 1 heterocycles. The highest BCUT2D eigenvalue weighted by Crippen LogP contribution is 2.31. The van der Waals surface area contributed by atoms with E-state index in [0.717, 1.165) is 36.9 Å². The second-order valence-corrected chi connectivity index (χ2v) is 10.2. The number of anilines is 1. The van der Waals surface area contributed by atoms with Crippen molar-refractivity contribution in [1.82, 2.24) is 15.5 Å². The average Bonchev–Trinajstić information content (AvgIpc) is 3.33. The molecule has 1 saturated carbocycles. The second kappa shape index (κ2) is 11.9. The topological polar surface area (TPSA) is 91.0 Å². The van der Waals surface area contributed by atoms with Gasteiger partial charge in [0.05, 0.1) is 17.2 Å². The Labute approximate surface area is 223 Å². The monoisotopic (exact) mass is 526 g/mol. The molecule has 0 saturated heterocycles. The van der Waals surface area contributed by atoms with Gasteiger partial charge in [0, 0.05) is 30.9 Å². The summed E-state index contributed by atoms with van der Waals surface area (Å²) in [6, 6.07) is 11.4. The predicted molar refractivity (Wildman–Crippen MR) is 144 cm³/mol. The number of benzene rings is 2. The molecule has 0 bridgehead atoms.